The standard InChI is InChI=1S/C13H21ClN4O2/c1-5-20-8-11-16-10(14)6-12(17-11)18(4)7-13(19)15-9(2)3/h6,9H,5,7-8H2,1-4H3,(H,15,19). The highest BCUT2D eigenvalue weighted by Gasteiger charge is 2.12. The van der Waals surface area contributed by atoms with E-state index in [1.807, 2.05) is 20.8 Å². The minimum Gasteiger partial charge on any atom is -0.374 e. The van der Waals surface area contributed by atoms with Crippen LogP contribution in [0.5, 0.6) is 0 Å². The second-order valence-corrected chi connectivity index (χ2v) is 5.07. The fourth-order valence-corrected chi connectivity index (χ4v) is 1.76. The van der Waals surface area contributed by atoms with Crippen molar-refractivity contribution in [3.63, 3.8) is 0 Å². The minimum atomic E-state index is -0.0661. The second-order valence-electron chi connectivity index (χ2n) is 4.68. The van der Waals surface area contributed by atoms with Gasteiger partial charge in [-0.05, 0) is 20.8 Å². The van der Waals surface area contributed by atoms with Crippen LogP contribution in [0.25, 0.3) is 0 Å². The lowest BCUT2D eigenvalue weighted by molar-refractivity contribution is -0.120. The Labute approximate surface area is 124 Å². The first-order valence-electron chi connectivity index (χ1n) is 6.54. The SMILES string of the molecule is CCOCc1nc(Cl)cc(N(C)CC(=O)NC(C)C)n1. The monoisotopic (exact) mass is 300 g/mol. The quantitative estimate of drug-likeness (QED) is 0.775. The maximum absolute atomic E-state index is 11.7. The predicted octanol–water partition coefficient (Wildman–Crippen LogP) is 1.63. The highest BCUT2D eigenvalue weighted by Crippen LogP contribution is 2.15. The zero-order valence-electron chi connectivity index (χ0n) is 12.3. The van der Waals surface area contributed by atoms with Gasteiger partial charge in [-0.2, -0.15) is 0 Å². The molecule has 6 nitrogen and oxygen atoms in total. The lowest BCUT2D eigenvalue weighted by Gasteiger charge is -2.19. The normalized spacial score (nSPS) is 10.7. The van der Waals surface area contributed by atoms with Gasteiger partial charge in [0.1, 0.15) is 17.6 Å². The van der Waals surface area contributed by atoms with Crippen molar-refractivity contribution in [2.75, 3.05) is 25.1 Å². The number of likely N-dealkylation sites (N-methyl/N-ethyl adjacent to an activating group) is 1. The summed E-state index contributed by atoms with van der Waals surface area (Å²) in [5, 5.41) is 3.16. The number of aromatic nitrogens is 2. The Bertz CT molecular complexity index is 454. The van der Waals surface area contributed by atoms with E-state index < -0.39 is 0 Å². The van der Waals surface area contributed by atoms with Crippen LogP contribution in [0.3, 0.4) is 0 Å². The number of ether oxygens (including phenoxy) is 1. The van der Waals surface area contributed by atoms with Crippen LogP contribution in [-0.2, 0) is 16.1 Å². The number of rotatable bonds is 7. The molecule has 20 heavy (non-hydrogen) atoms. The molecule has 1 aromatic rings. The number of hydrogen-bond acceptors (Lipinski definition) is 5. The summed E-state index contributed by atoms with van der Waals surface area (Å²) in [6, 6.07) is 1.73. The molecular formula is C13H21ClN4O2. The van der Waals surface area contributed by atoms with Gasteiger partial charge in [-0.15, -0.1) is 0 Å². The van der Waals surface area contributed by atoms with Crippen LogP contribution in [0, 0.1) is 0 Å². The lowest BCUT2D eigenvalue weighted by Crippen LogP contribution is -2.38. The molecule has 112 valence electrons. The van der Waals surface area contributed by atoms with Crippen molar-refractivity contribution in [3.8, 4) is 0 Å². The molecule has 0 saturated heterocycles. The van der Waals surface area contributed by atoms with Crippen LogP contribution in [0.2, 0.25) is 5.15 Å². The molecular weight excluding hydrogens is 280 g/mol. The van der Waals surface area contributed by atoms with E-state index in [9.17, 15) is 4.79 Å². The Morgan fingerprint density at radius 3 is 2.80 bits per heavy atom. The predicted molar refractivity (Wildman–Crippen MR) is 78.9 cm³/mol. The van der Waals surface area contributed by atoms with E-state index in [0.717, 1.165) is 0 Å². The molecule has 0 fully saturated rings. The van der Waals surface area contributed by atoms with Crippen molar-refractivity contribution in [2.24, 2.45) is 0 Å². The fraction of sp³-hybridized carbons (Fsp3) is 0.615. The van der Waals surface area contributed by atoms with E-state index >= 15 is 0 Å². The number of halogens is 1. The summed E-state index contributed by atoms with van der Waals surface area (Å²) < 4.78 is 5.26. The highest BCUT2D eigenvalue weighted by atomic mass is 35.5. The first-order valence-corrected chi connectivity index (χ1v) is 6.91. The summed E-state index contributed by atoms with van der Waals surface area (Å²) in [6.07, 6.45) is 0. The molecule has 1 rings (SSSR count). The van der Waals surface area contributed by atoms with E-state index in [4.69, 9.17) is 16.3 Å². The van der Waals surface area contributed by atoms with Crippen molar-refractivity contribution < 1.29 is 9.53 Å². The third-order valence-electron chi connectivity index (χ3n) is 2.38. The van der Waals surface area contributed by atoms with E-state index in [1.165, 1.54) is 0 Å². The van der Waals surface area contributed by atoms with E-state index in [-0.39, 0.29) is 18.5 Å². The molecule has 1 heterocycles. The number of nitrogens with zero attached hydrogens (tertiary/aromatic N) is 3. The number of anilines is 1. The van der Waals surface area contributed by atoms with Crippen LogP contribution >= 0.6 is 11.6 Å². The summed E-state index contributed by atoms with van der Waals surface area (Å²) in [7, 11) is 1.78. The molecule has 0 unspecified atom stereocenters. The zero-order chi connectivity index (χ0) is 15.1. The molecule has 7 heteroatoms. The van der Waals surface area contributed by atoms with Crippen molar-refractivity contribution in [1.29, 1.82) is 0 Å². The number of carbonyl (C=O) groups excluding carboxylic acids is 1. The summed E-state index contributed by atoms with van der Waals surface area (Å²) in [6.45, 7) is 6.82. The van der Waals surface area contributed by atoms with Crippen molar-refractivity contribution in [1.82, 2.24) is 15.3 Å². The van der Waals surface area contributed by atoms with Crippen molar-refractivity contribution >= 4 is 23.3 Å². The van der Waals surface area contributed by atoms with Gasteiger partial charge in [-0.1, -0.05) is 11.6 Å². The Morgan fingerprint density at radius 1 is 1.50 bits per heavy atom. The van der Waals surface area contributed by atoms with E-state index in [2.05, 4.69) is 15.3 Å². The third kappa shape index (κ3) is 5.71. The lowest BCUT2D eigenvalue weighted by atomic mass is 10.3. The van der Waals surface area contributed by atoms with Crippen molar-refractivity contribution in [3.05, 3.63) is 17.0 Å². The fourth-order valence-electron chi connectivity index (χ4n) is 1.57. The number of carbonyl (C=O) groups is 1. The van der Waals surface area contributed by atoms with Gasteiger partial charge in [0.2, 0.25) is 5.91 Å². The summed E-state index contributed by atoms with van der Waals surface area (Å²) in [4.78, 5) is 21.9. The van der Waals surface area contributed by atoms with Gasteiger partial charge in [0.05, 0.1) is 6.54 Å². The zero-order valence-corrected chi connectivity index (χ0v) is 13.1. The van der Waals surface area contributed by atoms with Crippen molar-refractivity contribution in [2.45, 2.75) is 33.4 Å². The average molecular weight is 301 g/mol. The van der Waals surface area contributed by atoms with E-state index in [1.54, 1.807) is 18.0 Å². The molecule has 0 aliphatic rings. The molecule has 1 aromatic heterocycles. The Balaban J connectivity index is 2.73. The average Bonchev–Trinajstić information content (AvgIpc) is 2.34. The topological polar surface area (TPSA) is 67.3 Å². The summed E-state index contributed by atoms with van der Waals surface area (Å²) >= 11 is 5.96. The molecule has 0 aromatic carbocycles. The first-order chi connectivity index (χ1) is 9.42. The number of amides is 1. The maximum Gasteiger partial charge on any atom is 0.239 e. The summed E-state index contributed by atoms with van der Waals surface area (Å²) in [5.74, 6) is 1.03. The van der Waals surface area contributed by atoms with Gasteiger partial charge in [-0.3, -0.25) is 4.79 Å². The van der Waals surface area contributed by atoms with Gasteiger partial charge >= 0.3 is 0 Å². The molecule has 0 bridgehead atoms. The Kier molecular flexibility index (Phi) is 6.67. The molecule has 1 amide bonds. The molecule has 0 aliphatic carbocycles. The molecule has 1 N–H and O–H groups in total. The van der Waals surface area contributed by atoms with Gasteiger partial charge in [0.15, 0.2) is 5.82 Å². The molecule has 0 saturated carbocycles. The van der Waals surface area contributed by atoms with Gasteiger partial charge < -0.3 is 15.0 Å². The maximum atomic E-state index is 11.7. The molecule has 0 radical (unpaired) electrons. The van der Waals surface area contributed by atoms with Crippen LogP contribution in [-0.4, -0.2) is 42.1 Å². The Hall–Kier alpha value is -1.40. The molecule has 0 atom stereocenters. The highest BCUT2D eigenvalue weighted by molar-refractivity contribution is 6.29. The molecule has 0 spiro atoms. The Morgan fingerprint density at radius 2 is 2.20 bits per heavy atom. The van der Waals surface area contributed by atoms with Crippen LogP contribution in [0.15, 0.2) is 6.07 Å². The van der Waals surface area contributed by atoms with Gasteiger partial charge in [0.25, 0.3) is 0 Å². The summed E-state index contributed by atoms with van der Waals surface area (Å²) in [5.41, 5.74) is 0. The van der Waals surface area contributed by atoms with Crippen LogP contribution < -0.4 is 10.2 Å². The second kappa shape index (κ2) is 8.01. The number of hydrogen-bond donors (Lipinski definition) is 1. The van der Waals surface area contributed by atoms with Crippen LogP contribution in [0.1, 0.15) is 26.6 Å². The minimum absolute atomic E-state index is 0.0661. The third-order valence-corrected chi connectivity index (χ3v) is 2.58. The number of nitrogens with one attached hydrogen (secondary N) is 1. The van der Waals surface area contributed by atoms with Crippen LogP contribution in [0.4, 0.5) is 5.82 Å². The smallest absolute Gasteiger partial charge is 0.239 e. The van der Waals surface area contributed by atoms with E-state index in [0.29, 0.717) is 30.0 Å². The van der Waals surface area contributed by atoms with Gasteiger partial charge in [0, 0.05) is 25.8 Å². The molecule has 0 aliphatic heterocycles. The largest absolute Gasteiger partial charge is 0.374 e. The van der Waals surface area contributed by atoms with Gasteiger partial charge in [-0.25, -0.2) is 9.97 Å². The first kappa shape index (κ1) is 16.7.